The maximum Gasteiger partial charge on any atom is 0.231 e. The summed E-state index contributed by atoms with van der Waals surface area (Å²) in [6.45, 7) is 1.58. The summed E-state index contributed by atoms with van der Waals surface area (Å²) < 4.78 is 31.2. The second kappa shape index (κ2) is 6.84. The van der Waals surface area contributed by atoms with Gasteiger partial charge < -0.3 is 14.2 Å². The molecule has 0 atom stereocenters. The molecule has 0 spiro atoms. The van der Waals surface area contributed by atoms with Crippen LogP contribution in [0.4, 0.5) is 4.39 Å². The van der Waals surface area contributed by atoms with E-state index in [4.69, 9.17) is 14.2 Å². The first-order chi connectivity index (χ1) is 12.3. The van der Waals surface area contributed by atoms with E-state index in [0.717, 1.165) is 35.7 Å². The summed E-state index contributed by atoms with van der Waals surface area (Å²) in [6, 6.07) is 13.8. The lowest BCUT2D eigenvalue weighted by Crippen LogP contribution is -2.05. The lowest BCUT2D eigenvalue weighted by atomic mass is 10.1. The van der Waals surface area contributed by atoms with Crippen molar-refractivity contribution in [1.29, 1.82) is 0 Å². The van der Waals surface area contributed by atoms with E-state index in [0.29, 0.717) is 12.4 Å². The average Bonchev–Trinajstić information content (AvgIpc) is 3.28. The van der Waals surface area contributed by atoms with Crippen molar-refractivity contribution in [3.63, 3.8) is 0 Å². The Morgan fingerprint density at radius 2 is 1.88 bits per heavy atom. The second-order valence-corrected chi connectivity index (χ2v) is 5.69. The van der Waals surface area contributed by atoms with Gasteiger partial charge >= 0.3 is 0 Å². The summed E-state index contributed by atoms with van der Waals surface area (Å²) in [7, 11) is 0. The summed E-state index contributed by atoms with van der Waals surface area (Å²) in [6.07, 6.45) is 2.73. The van der Waals surface area contributed by atoms with Gasteiger partial charge in [0.2, 0.25) is 6.79 Å². The number of benzene rings is 2. The molecular weight excluding hydrogens is 323 g/mol. The zero-order chi connectivity index (χ0) is 17.1. The molecule has 2 aromatic carbocycles. The molecule has 0 bridgehead atoms. The summed E-state index contributed by atoms with van der Waals surface area (Å²) in [5.41, 5.74) is 1.73. The van der Waals surface area contributed by atoms with E-state index in [1.165, 1.54) is 12.1 Å². The molecule has 1 aromatic heterocycles. The summed E-state index contributed by atoms with van der Waals surface area (Å²) in [5.74, 6) is 1.98. The van der Waals surface area contributed by atoms with E-state index < -0.39 is 0 Å². The van der Waals surface area contributed by atoms with Crippen molar-refractivity contribution in [1.82, 2.24) is 9.78 Å². The van der Waals surface area contributed by atoms with Crippen molar-refractivity contribution in [2.24, 2.45) is 0 Å². The van der Waals surface area contributed by atoms with Gasteiger partial charge in [-0.15, -0.1) is 0 Å². The predicted molar refractivity (Wildman–Crippen MR) is 90.3 cm³/mol. The molecule has 1 aliphatic heterocycles. The fourth-order valence-corrected chi connectivity index (χ4v) is 2.64. The normalized spacial score (nSPS) is 12.4. The van der Waals surface area contributed by atoms with Gasteiger partial charge in [-0.2, -0.15) is 5.10 Å². The molecule has 6 heteroatoms. The van der Waals surface area contributed by atoms with Gasteiger partial charge in [-0.25, -0.2) is 4.39 Å². The van der Waals surface area contributed by atoms with Gasteiger partial charge in [0, 0.05) is 30.8 Å². The van der Waals surface area contributed by atoms with Crippen LogP contribution in [0, 0.1) is 5.82 Å². The molecule has 0 saturated carbocycles. The number of hydrogen-bond donors (Lipinski definition) is 0. The van der Waals surface area contributed by atoms with Gasteiger partial charge in [0.25, 0.3) is 0 Å². The molecule has 0 unspecified atom stereocenters. The maximum absolute atomic E-state index is 13.0. The van der Waals surface area contributed by atoms with Crippen molar-refractivity contribution in [3.05, 3.63) is 60.5 Å². The number of halogens is 1. The molecule has 0 radical (unpaired) electrons. The Kier molecular flexibility index (Phi) is 4.24. The molecule has 1 aliphatic rings. The number of ether oxygens (including phenoxy) is 3. The Hall–Kier alpha value is -3.02. The first-order valence-electron chi connectivity index (χ1n) is 8.10. The molecule has 0 saturated heterocycles. The van der Waals surface area contributed by atoms with Gasteiger partial charge in [0.1, 0.15) is 11.6 Å². The van der Waals surface area contributed by atoms with Crippen LogP contribution in [0.3, 0.4) is 0 Å². The Morgan fingerprint density at radius 1 is 1.04 bits per heavy atom. The van der Waals surface area contributed by atoms with Crippen LogP contribution in [0.2, 0.25) is 0 Å². The van der Waals surface area contributed by atoms with Crippen LogP contribution >= 0.6 is 0 Å². The summed E-state index contributed by atoms with van der Waals surface area (Å²) in [5, 5.41) is 4.50. The Labute approximate surface area is 144 Å². The lowest BCUT2D eigenvalue weighted by Gasteiger charge is -2.07. The van der Waals surface area contributed by atoms with Crippen molar-refractivity contribution < 1.29 is 18.6 Å². The fraction of sp³-hybridized carbons (Fsp3) is 0.211. The van der Waals surface area contributed by atoms with Crippen LogP contribution in [0.5, 0.6) is 17.2 Å². The van der Waals surface area contributed by atoms with Crippen LogP contribution in [0.15, 0.2) is 54.7 Å². The zero-order valence-electron chi connectivity index (χ0n) is 13.5. The zero-order valence-corrected chi connectivity index (χ0v) is 13.5. The maximum atomic E-state index is 13.0. The smallest absolute Gasteiger partial charge is 0.231 e. The highest BCUT2D eigenvalue weighted by Gasteiger charge is 2.13. The fourth-order valence-electron chi connectivity index (χ4n) is 2.64. The van der Waals surface area contributed by atoms with Gasteiger partial charge in [0.15, 0.2) is 11.5 Å². The third-order valence-electron chi connectivity index (χ3n) is 3.92. The molecule has 128 valence electrons. The van der Waals surface area contributed by atoms with Gasteiger partial charge in [-0.1, -0.05) is 0 Å². The Bertz CT molecular complexity index is 861. The Morgan fingerprint density at radius 3 is 2.76 bits per heavy atom. The standard InChI is InChI=1S/C19H17FN2O3/c20-15-4-2-14(3-5-15)17-8-10-22(21-17)9-1-11-23-16-6-7-18-19(12-16)25-13-24-18/h2-8,10,12H,1,9,11,13H2. The van der Waals surface area contributed by atoms with Crippen LogP contribution < -0.4 is 14.2 Å². The third kappa shape index (κ3) is 3.57. The minimum atomic E-state index is -0.246. The van der Waals surface area contributed by atoms with E-state index in [9.17, 15) is 4.39 Å². The SMILES string of the molecule is Fc1ccc(-c2ccn(CCCOc3ccc4c(c3)OCO4)n2)cc1. The molecule has 25 heavy (non-hydrogen) atoms. The number of hydrogen-bond acceptors (Lipinski definition) is 4. The van der Waals surface area contributed by atoms with Crippen LogP contribution in [-0.2, 0) is 6.54 Å². The minimum absolute atomic E-state index is 0.246. The number of rotatable bonds is 6. The number of fused-ring (bicyclic) bond motifs is 1. The Balaban J connectivity index is 1.28. The van der Waals surface area contributed by atoms with Gasteiger partial charge in [-0.3, -0.25) is 4.68 Å². The van der Waals surface area contributed by atoms with Crippen molar-refractivity contribution in [2.45, 2.75) is 13.0 Å². The molecule has 0 N–H and O–H groups in total. The molecular formula is C19H17FN2O3. The van der Waals surface area contributed by atoms with E-state index in [2.05, 4.69) is 5.10 Å². The number of aryl methyl sites for hydroxylation is 1. The number of nitrogens with zero attached hydrogens (tertiary/aromatic N) is 2. The predicted octanol–water partition coefficient (Wildman–Crippen LogP) is 3.89. The quantitative estimate of drug-likeness (QED) is 0.639. The van der Waals surface area contributed by atoms with Crippen molar-refractivity contribution in [3.8, 4) is 28.5 Å². The van der Waals surface area contributed by atoms with Crippen LogP contribution in [0.25, 0.3) is 11.3 Å². The first-order valence-corrected chi connectivity index (χ1v) is 8.10. The van der Waals surface area contributed by atoms with Crippen molar-refractivity contribution in [2.75, 3.05) is 13.4 Å². The van der Waals surface area contributed by atoms with Gasteiger partial charge in [-0.05, 0) is 42.5 Å². The molecule has 0 aliphatic carbocycles. The second-order valence-electron chi connectivity index (χ2n) is 5.69. The third-order valence-corrected chi connectivity index (χ3v) is 3.92. The summed E-state index contributed by atoms with van der Waals surface area (Å²) >= 11 is 0. The molecule has 5 nitrogen and oxygen atoms in total. The largest absolute Gasteiger partial charge is 0.493 e. The summed E-state index contributed by atoms with van der Waals surface area (Å²) in [4.78, 5) is 0. The van der Waals surface area contributed by atoms with E-state index in [1.54, 1.807) is 12.1 Å². The topological polar surface area (TPSA) is 45.5 Å². The highest BCUT2D eigenvalue weighted by atomic mass is 19.1. The van der Waals surface area contributed by atoms with E-state index >= 15 is 0 Å². The van der Waals surface area contributed by atoms with Crippen LogP contribution in [0.1, 0.15) is 6.42 Å². The van der Waals surface area contributed by atoms with Gasteiger partial charge in [0.05, 0.1) is 12.3 Å². The molecule has 4 rings (SSSR count). The molecule has 0 fully saturated rings. The highest BCUT2D eigenvalue weighted by molar-refractivity contribution is 5.58. The van der Waals surface area contributed by atoms with E-state index in [-0.39, 0.29) is 12.6 Å². The van der Waals surface area contributed by atoms with Crippen LogP contribution in [-0.4, -0.2) is 23.2 Å². The molecule has 2 heterocycles. The highest BCUT2D eigenvalue weighted by Crippen LogP contribution is 2.35. The first kappa shape index (κ1) is 15.5. The van der Waals surface area contributed by atoms with E-state index in [1.807, 2.05) is 35.1 Å². The average molecular weight is 340 g/mol. The monoisotopic (exact) mass is 340 g/mol. The molecule has 3 aromatic rings. The number of aromatic nitrogens is 2. The molecule has 0 amide bonds. The minimum Gasteiger partial charge on any atom is -0.493 e. The lowest BCUT2D eigenvalue weighted by molar-refractivity contribution is 0.173. The van der Waals surface area contributed by atoms with Crippen molar-refractivity contribution >= 4 is 0 Å².